The quantitative estimate of drug-likeness (QED) is 0.872. The molecule has 2 N–H and O–H groups in total. The number of benzene rings is 1. The monoisotopic (exact) mass is 278 g/mol. The average Bonchev–Trinajstić information content (AvgIpc) is 2.67. The molecule has 19 heavy (non-hydrogen) atoms. The van der Waals surface area contributed by atoms with Crippen LogP contribution in [0.25, 0.3) is 11.0 Å². The summed E-state index contributed by atoms with van der Waals surface area (Å²) in [5, 5.41) is 3.02. The van der Waals surface area contributed by atoms with Crippen LogP contribution in [0.5, 0.6) is 0 Å². The highest BCUT2D eigenvalue weighted by Crippen LogP contribution is 2.30. The van der Waals surface area contributed by atoms with Crippen LogP contribution in [0, 0.1) is 0 Å². The van der Waals surface area contributed by atoms with Crippen molar-refractivity contribution in [1.82, 2.24) is 9.66 Å². The number of nitrogens with two attached hydrogens (primary N) is 1. The van der Waals surface area contributed by atoms with Gasteiger partial charge >= 0.3 is 0 Å². The Morgan fingerprint density at radius 2 is 1.95 bits per heavy atom. The van der Waals surface area contributed by atoms with E-state index in [4.69, 9.17) is 17.3 Å². The van der Waals surface area contributed by atoms with Crippen LogP contribution in [-0.4, -0.2) is 21.7 Å². The molecule has 2 aromatic rings. The van der Waals surface area contributed by atoms with Crippen molar-refractivity contribution in [3.8, 4) is 0 Å². The van der Waals surface area contributed by atoms with Gasteiger partial charge in [0, 0.05) is 12.1 Å². The zero-order valence-corrected chi connectivity index (χ0v) is 12.1. The Labute approximate surface area is 118 Å². The Morgan fingerprint density at radius 3 is 2.63 bits per heavy atom. The van der Waals surface area contributed by atoms with E-state index in [9.17, 15) is 0 Å². The third kappa shape index (κ3) is 1.94. The first kappa shape index (κ1) is 12.6. The molecule has 0 aliphatic carbocycles. The van der Waals surface area contributed by atoms with Gasteiger partial charge in [0.1, 0.15) is 5.52 Å². The maximum Gasteiger partial charge on any atom is 0.220 e. The van der Waals surface area contributed by atoms with Gasteiger partial charge in [-0.3, -0.25) is 0 Å². The minimum absolute atomic E-state index is 0.444. The average molecular weight is 279 g/mol. The molecular weight excluding hydrogens is 260 g/mol. The second-order valence-electron chi connectivity index (χ2n) is 5.40. The number of fused-ring (bicyclic) bond motifs is 1. The van der Waals surface area contributed by atoms with Crippen molar-refractivity contribution in [3.05, 3.63) is 23.2 Å². The molecule has 0 spiro atoms. The van der Waals surface area contributed by atoms with Crippen LogP contribution in [0.4, 0.5) is 5.95 Å². The topological polar surface area (TPSA) is 47.1 Å². The summed E-state index contributed by atoms with van der Waals surface area (Å²) in [6, 6.07) is 6.64. The molecule has 0 bridgehead atoms. The second kappa shape index (κ2) is 4.60. The normalized spacial score (nSPS) is 24.1. The molecule has 1 aromatic heterocycles. The van der Waals surface area contributed by atoms with E-state index in [-0.39, 0.29) is 0 Å². The van der Waals surface area contributed by atoms with Gasteiger partial charge in [0.2, 0.25) is 5.95 Å². The molecule has 4 nitrogen and oxygen atoms in total. The molecule has 0 amide bonds. The van der Waals surface area contributed by atoms with Gasteiger partial charge in [-0.2, -0.15) is 0 Å². The summed E-state index contributed by atoms with van der Waals surface area (Å²) in [5.74, 6) is 0.517. The van der Waals surface area contributed by atoms with E-state index < -0.39 is 0 Å². The Bertz CT molecular complexity index is 597. The number of piperidine rings is 1. The van der Waals surface area contributed by atoms with Gasteiger partial charge in [-0.15, -0.1) is 0 Å². The fourth-order valence-corrected chi connectivity index (χ4v) is 3.37. The number of hydrogen-bond acceptors (Lipinski definition) is 3. The van der Waals surface area contributed by atoms with Gasteiger partial charge in [-0.1, -0.05) is 17.7 Å². The SMILES string of the molecule is CC1CCCC(C)N1n1c(N)nc2cccc(Cl)c21. The smallest absolute Gasteiger partial charge is 0.220 e. The van der Waals surface area contributed by atoms with Crippen LogP contribution in [-0.2, 0) is 0 Å². The zero-order valence-electron chi connectivity index (χ0n) is 11.3. The first-order valence-corrected chi connectivity index (χ1v) is 7.18. The van der Waals surface area contributed by atoms with Crippen LogP contribution in [0.2, 0.25) is 5.02 Å². The zero-order chi connectivity index (χ0) is 13.6. The summed E-state index contributed by atoms with van der Waals surface area (Å²) >= 11 is 6.35. The summed E-state index contributed by atoms with van der Waals surface area (Å²) in [6.45, 7) is 4.47. The maximum absolute atomic E-state index is 6.35. The molecule has 2 unspecified atom stereocenters. The van der Waals surface area contributed by atoms with Crippen molar-refractivity contribution in [2.75, 3.05) is 10.7 Å². The number of imidazole rings is 1. The van der Waals surface area contributed by atoms with E-state index >= 15 is 0 Å². The van der Waals surface area contributed by atoms with Gasteiger partial charge < -0.3 is 10.7 Å². The largest absolute Gasteiger partial charge is 0.368 e. The van der Waals surface area contributed by atoms with E-state index in [2.05, 4.69) is 23.8 Å². The third-order valence-electron chi connectivity index (χ3n) is 4.01. The lowest BCUT2D eigenvalue weighted by Gasteiger charge is -2.41. The molecule has 1 aromatic carbocycles. The van der Waals surface area contributed by atoms with E-state index in [1.54, 1.807) is 0 Å². The summed E-state index contributed by atoms with van der Waals surface area (Å²) in [6.07, 6.45) is 3.61. The Hall–Kier alpha value is -1.42. The highest BCUT2D eigenvalue weighted by atomic mass is 35.5. The van der Waals surface area contributed by atoms with Crippen molar-refractivity contribution < 1.29 is 0 Å². The number of para-hydroxylation sites is 1. The van der Waals surface area contributed by atoms with Crippen LogP contribution in [0.15, 0.2) is 18.2 Å². The highest BCUT2D eigenvalue weighted by molar-refractivity contribution is 6.35. The van der Waals surface area contributed by atoms with E-state index in [1.807, 2.05) is 22.9 Å². The number of nitrogen functional groups attached to an aromatic ring is 1. The number of anilines is 1. The number of nitrogens with zero attached hydrogens (tertiary/aromatic N) is 3. The first-order valence-electron chi connectivity index (χ1n) is 6.80. The molecule has 102 valence electrons. The lowest BCUT2D eigenvalue weighted by molar-refractivity contribution is 0.343. The van der Waals surface area contributed by atoms with Gasteiger partial charge in [-0.25, -0.2) is 9.66 Å². The Kier molecular flexibility index (Phi) is 3.05. The summed E-state index contributed by atoms with van der Waals surface area (Å²) in [4.78, 5) is 4.43. The summed E-state index contributed by atoms with van der Waals surface area (Å²) < 4.78 is 2.01. The molecule has 1 saturated heterocycles. The molecule has 3 rings (SSSR count). The van der Waals surface area contributed by atoms with E-state index in [0.717, 1.165) is 11.0 Å². The van der Waals surface area contributed by atoms with E-state index in [0.29, 0.717) is 23.1 Å². The predicted octanol–water partition coefficient (Wildman–Crippen LogP) is 3.17. The molecule has 5 heteroatoms. The maximum atomic E-state index is 6.35. The number of hydrogen-bond donors (Lipinski definition) is 1. The number of aromatic nitrogens is 2. The van der Waals surface area contributed by atoms with Gasteiger partial charge in [0.25, 0.3) is 0 Å². The molecular formula is C14H19ClN4. The standard InChI is InChI=1S/C14H19ClN4/c1-9-5-3-6-10(2)18(9)19-13-11(15)7-4-8-12(13)17-14(19)16/h4,7-10H,3,5-6H2,1-2H3,(H2,16,17). The van der Waals surface area contributed by atoms with Crippen molar-refractivity contribution in [1.29, 1.82) is 0 Å². The van der Waals surface area contributed by atoms with Crippen LogP contribution in [0.3, 0.4) is 0 Å². The predicted molar refractivity (Wildman–Crippen MR) is 80.1 cm³/mol. The van der Waals surface area contributed by atoms with Crippen molar-refractivity contribution in [2.45, 2.75) is 45.2 Å². The van der Waals surface area contributed by atoms with E-state index in [1.165, 1.54) is 19.3 Å². The molecule has 1 aliphatic heterocycles. The fraction of sp³-hybridized carbons (Fsp3) is 0.500. The Balaban J connectivity index is 2.21. The summed E-state index contributed by atoms with van der Waals surface area (Å²) in [5.41, 5.74) is 7.90. The number of rotatable bonds is 1. The molecule has 2 heterocycles. The van der Waals surface area contributed by atoms with Gasteiger partial charge in [-0.05, 0) is 45.2 Å². The van der Waals surface area contributed by atoms with Crippen LogP contribution >= 0.6 is 11.6 Å². The summed E-state index contributed by atoms with van der Waals surface area (Å²) in [7, 11) is 0. The van der Waals surface area contributed by atoms with Gasteiger partial charge in [0.05, 0.1) is 10.5 Å². The van der Waals surface area contributed by atoms with Gasteiger partial charge in [0.15, 0.2) is 0 Å². The minimum atomic E-state index is 0.444. The molecule has 2 atom stereocenters. The second-order valence-corrected chi connectivity index (χ2v) is 5.81. The van der Waals surface area contributed by atoms with Crippen molar-refractivity contribution in [3.63, 3.8) is 0 Å². The van der Waals surface area contributed by atoms with Crippen LogP contribution < -0.4 is 10.7 Å². The Morgan fingerprint density at radius 1 is 1.26 bits per heavy atom. The van der Waals surface area contributed by atoms with Crippen LogP contribution in [0.1, 0.15) is 33.1 Å². The molecule has 1 fully saturated rings. The van der Waals surface area contributed by atoms with Crippen molar-refractivity contribution in [2.24, 2.45) is 0 Å². The lowest BCUT2D eigenvalue weighted by Crippen LogP contribution is -2.51. The fourth-order valence-electron chi connectivity index (χ4n) is 3.12. The number of halogens is 1. The minimum Gasteiger partial charge on any atom is -0.368 e. The third-order valence-corrected chi connectivity index (χ3v) is 4.31. The lowest BCUT2D eigenvalue weighted by atomic mass is 10.00. The molecule has 0 radical (unpaired) electrons. The first-order chi connectivity index (χ1) is 9.09. The van der Waals surface area contributed by atoms with Crippen molar-refractivity contribution >= 4 is 28.6 Å². The molecule has 1 aliphatic rings. The molecule has 0 saturated carbocycles. The highest BCUT2D eigenvalue weighted by Gasteiger charge is 2.28.